The zero-order valence-electron chi connectivity index (χ0n) is 18.1. The summed E-state index contributed by atoms with van der Waals surface area (Å²) >= 11 is 6.77. The molecule has 1 aromatic heterocycles. The normalized spacial score (nSPS) is 15.8. The molecule has 2 aromatic carbocycles. The van der Waals surface area contributed by atoms with Gasteiger partial charge in [0.05, 0.1) is 11.6 Å². The topological polar surface area (TPSA) is 67.9 Å². The van der Waals surface area contributed by atoms with Gasteiger partial charge in [-0.05, 0) is 53.8 Å². The Morgan fingerprint density at radius 1 is 1.03 bits per heavy atom. The number of hydrogen-bond donors (Lipinski definition) is 1. The Labute approximate surface area is 201 Å². The van der Waals surface area contributed by atoms with Crippen LogP contribution in [0.1, 0.15) is 33.8 Å². The van der Waals surface area contributed by atoms with Gasteiger partial charge < -0.3 is 19.7 Å². The Morgan fingerprint density at radius 3 is 2.42 bits per heavy atom. The van der Waals surface area contributed by atoms with Crippen molar-refractivity contribution in [3.63, 3.8) is 0 Å². The van der Waals surface area contributed by atoms with Gasteiger partial charge in [0.15, 0.2) is 5.11 Å². The van der Waals surface area contributed by atoms with E-state index in [9.17, 15) is 9.59 Å². The lowest BCUT2D eigenvalue weighted by Gasteiger charge is -2.35. The second-order valence-corrected chi connectivity index (χ2v) is 8.77. The fraction of sp³-hybridized carbons (Fsp3) is 0.160. The van der Waals surface area contributed by atoms with E-state index in [1.54, 1.807) is 48.3 Å². The van der Waals surface area contributed by atoms with E-state index in [-0.39, 0.29) is 6.61 Å². The zero-order chi connectivity index (χ0) is 23.4. The van der Waals surface area contributed by atoms with Gasteiger partial charge in [0.2, 0.25) is 0 Å². The third-order valence-corrected chi connectivity index (χ3v) is 6.57. The molecule has 0 saturated carbocycles. The van der Waals surface area contributed by atoms with Gasteiger partial charge in [-0.2, -0.15) is 0 Å². The summed E-state index contributed by atoms with van der Waals surface area (Å²) in [5.41, 5.74) is 2.90. The number of thiocarbonyl (C=S) groups is 1. The van der Waals surface area contributed by atoms with Crippen molar-refractivity contribution in [2.24, 2.45) is 0 Å². The highest BCUT2D eigenvalue weighted by molar-refractivity contribution is 7.80. The monoisotopic (exact) mass is 478 g/mol. The predicted molar refractivity (Wildman–Crippen MR) is 131 cm³/mol. The molecule has 0 spiro atoms. The second kappa shape index (κ2) is 9.97. The predicted octanol–water partition coefficient (Wildman–Crippen LogP) is 4.85. The van der Waals surface area contributed by atoms with Crippen molar-refractivity contribution >= 4 is 40.6 Å². The van der Waals surface area contributed by atoms with E-state index in [1.807, 2.05) is 42.6 Å². The second-order valence-electron chi connectivity index (χ2n) is 7.44. The summed E-state index contributed by atoms with van der Waals surface area (Å²) in [5.74, 6) is -0.407. The number of carbonyl (C=O) groups is 2. The van der Waals surface area contributed by atoms with Crippen LogP contribution in [-0.4, -0.2) is 29.0 Å². The highest BCUT2D eigenvalue weighted by Crippen LogP contribution is 2.32. The molecule has 0 aliphatic carbocycles. The number of rotatable bonds is 6. The Bertz CT molecular complexity index is 1190. The van der Waals surface area contributed by atoms with E-state index in [1.165, 1.54) is 11.3 Å². The lowest BCUT2D eigenvalue weighted by atomic mass is 9.95. The Hall–Kier alpha value is -3.49. The van der Waals surface area contributed by atoms with Crippen LogP contribution in [0.15, 0.2) is 83.4 Å². The Balaban J connectivity index is 1.54. The van der Waals surface area contributed by atoms with Gasteiger partial charge in [-0.1, -0.05) is 48.5 Å². The molecular weight excluding hydrogens is 456 g/mol. The molecule has 2 heterocycles. The zero-order valence-corrected chi connectivity index (χ0v) is 19.7. The fourth-order valence-corrected chi connectivity index (χ4v) is 4.28. The SMILES string of the molecule is CC1=C(C(=O)OCc2ccccc2)C(c2ccc(OC(=O)c3cccs3)cc2)NC(=S)N1C. The Kier molecular flexibility index (Phi) is 6.86. The first-order chi connectivity index (χ1) is 15.9. The van der Waals surface area contributed by atoms with Gasteiger partial charge in [-0.3, -0.25) is 0 Å². The van der Waals surface area contributed by atoms with E-state index in [0.29, 0.717) is 21.3 Å². The van der Waals surface area contributed by atoms with Crippen molar-refractivity contribution < 1.29 is 19.1 Å². The molecule has 0 fully saturated rings. The minimum atomic E-state index is -0.487. The minimum absolute atomic E-state index is 0.176. The first-order valence-corrected chi connectivity index (χ1v) is 11.5. The van der Waals surface area contributed by atoms with Crippen molar-refractivity contribution in [2.75, 3.05) is 7.05 Å². The maximum Gasteiger partial charge on any atom is 0.353 e. The average Bonchev–Trinajstić information content (AvgIpc) is 3.37. The van der Waals surface area contributed by atoms with Crippen LogP contribution >= 0.6 is 23.6 Å². The van der Waals surface area contributed by atoms with Gasteiger partial charge in [0.25, 0.3) is 0 Å². The van der Waals surface area contributed by atoms with Crippen LogP contribution in [0, 0.1) is 0 Å². The highest BCUT2D eigenvalue weighted by atomic mass is 32.1. The van der Waals surface area contributed by atoms with Crippen molar-refractivity contribution in [1.82, 2.24) is 10.2 Å². The van der Waals surface area contributed by atoms with E-state index in [2.05, 4.69) is 5.32 Å². The summed E-state index contributed by atoms with van der Waals surface area (Å²) < 4.78 is 11.1. The Morgan fingerprint density at radius 2 is 1.76 bits per heavy atom. The first kappa shape index (κ1) is 22.7. The minimum Gasteiger partial charge on any atom is -0.457 e. The molecule has 1 unspecified atom stereocenters. The van der Waals surface area contributed by atoms with Crippen LogP contribution in [0.25, 0.3) is 0 Å². The van der Waals surface area contributed by atoms with Crippen molar-refractivity contribution in [2.45, 2.75) is 19.6 Å². The molecule has 6 nitrogen and oxygen atoms in total. The largest absolute Gasteiger partial charge is 0.457 e. The summed E-state index contributed by atoms with van der Waals surface area (Å²) in [6, 6.07) is 19.6. The number of hydrogen-bond acceptors (Lipinski definition) is 6. The number of benzene rings is 2. The summed E-state index contributed by atoms with van der Waals surface area (Å²) in [5, 5.41) is 5.54. The summed E-state index contributed by atoms with van der Waals surface area (Å²) in [6.45, 7) is 2.02. The van der Waals surface area contributed by atoms with Crippen LogP contribution < -0.4 is 10.1 Å². The van der Waals surface area contributed by atoms with E-state index in [0.717, 1.165) is 16.8 Å². The standard InChI is InChI=1S/C25H22N2O4S2/c1-16-21(24(29)30-15-17-7-4-3-5-8-17)22(26-25(32)27(16)2)18-10-12-19(13-11-18)31-23(28)20-9-6-14-33-20/h3-14,22H,15H2,1-2H3,(H,26,32). The van der Waals surface area contributed by atoms with Crippen LogP contribution in [0.3, 0.4) is 0 Å². The lowest BCUT2D eigenvalue weighted by Crippen LogP contribution is -2.46. The molecule has 8 heteroatoms. The summed E-state index contributed by atoms with van der Waals surface area (Å²) in [4.78, 5) is 27.6. The number of nitrogens with one attached hydrogen (secondary N) is 1. The first-order valence-electron chi connectivity index (χ1n) is 10.3. The molecule has 3 aromatic rings. The number of nitrogens with zero attached hydrogens (tertiary/aromatic N) is 1. The van der Waals surface area contributed by atoms with Gasteiger partial charge in [0, 0.05) is 12.7 Å². The van der Waals surface area contributed by atoms with E-state index in [4.69, 9.17) is 21.7 Å². The molecule has 0 bridgehead atoms. The fourth-order valence-electron chi connectivity index (χ4n) is 3.43. The van der Waals surface area contributed by atoms with E-state index < -0.39 is 18.0 Å². The van der Waals surface area contributed by atoms with Gasteiger partial charge in [-0.15, -0.1) is 11.3 Å². The molecular formula is C25H22N2O4S2. The quantitative estimate of drug-likeness (QED) is 0.309. The average molecular weight is 479 g/mol. The molecule has 1 N–H and O–H groups in total. The molecule has 1 atom stereocenters. The van der Waals surface area contributed by atoms with Crippen LogP contribution in [0.4, 0.5) is 0 Å². The number of allylic oxidation sites excluding steroid dienone is 1. The summed E-state index contributed by atoms with van der Waals surface area (Å²) in [7, 11) is 1.80. The van der Waals surface area contributed by atoms with Gasteiger partial charge in [-0.25, -0.2) is 9.59 Å². The van der Waals surface area contributed by atoms with E-state index >= 15 is 0 Å². The van der Waals surface area contributed by atoms with Crippen molar-refractivity contribution in [3.05, 3.63) is 99.4 Å². The van der Waals surface area contributed by atoms with Gasteiger partial charge >= 0.3 is 11.9 Å². The maximum absolute atomic E-state index is 13.1. The number of esters is 2. The van der Waals surface area contributed by atoms with Crippen LogP contribution in [0.5, 0.6) is 5.75 Å². The number of ether oxygens (including phenoxy) is 2. The molecule has 1 aliphatic heterocycles. The highest BCUT2D eigenvalue weighted by Gasteiger charge is 2.33. The van der Waals surface area contributed by atoms with Crippen molar-refractivity contribution in [1.29, 1.82) is 0 Å². The smallest absolute Gasteiger partial charge is 0.353 e. The molecule has 0 saturated heterocycles. The van der Waals surface area contributed by atoms with Crippen molar-refractivity contribution in [3.8, 4) is 5.75 Å². The number of carbonyl (C=O) groups excluding carboxylic acids is 2. The van der Waals surface area contributed by atoms with Crippen LogP contribution in [-0.2, 0) is 16.1 Å². The molecule has 0 radical (unpaired) electrons. The third kappa shape index (κ3) is 5.13. The van der Waals surface area contributed by atoms with Gasteiger partial charge in [0.1, 0.15) is 17.2 Å². The third-order valence-electron chi connectivity index (χ3n) is 5.33. The van der Waals surface area contributed by atoms with Crippen LogP contribution in [0.2, 0.25) is 0 Å². The molecule has 1 aliphatic rings. The molecule has 168 valence electrons. The molecule has 0 amide bonds. The summed E-state index contributed by atoms with van der Waals surface area (Å²) in [6.07, 6.45) is 0. The lowest BCUT2D eigenvalue weighted by molar-refractivity contribution is -0.140. The molecule has 4 rings (SSSR count). The number of thiophene rings is 1. The molecule has 33 heavy (non-hydrogen) atoms. The maximum atomic E-state index is 13.1.